The highest BCUT2D eigenvalue weighted by molar-refractivity contribution is 9.10. The molecule has 0 aliphatic rings. The van der Waals surface area contributed by atoms with Crippen molar-refractivity contribution < 1.29 is 14.7 Å². The lowest BCUT2D eigenvalue weighted by atomic mass is 9.85. The van der Waals surface area contributed by atoms with Crippen LogP contribution in [-0.4, -0.2) is 24.0 Å². The van der Waals surface area contributed by atoms with Gasteiger partial charge in [-0.3, -0.25) is 9.59 Å². The van der Waals surface area contributed by atoms with Crippen LogP contribution < -0.4 is 5.32 Å². The molecular formula is C10H12BrNO3S. The summed E-state index contributed by atoms with van der Waals surface area (Å²) in [4.78, 5) is 23.7. The third kappa shape index (κ3) is 2.44. The van der Waals surface area contributed by atoms with Gasteiger partial charge in [0.2, 0.25) is 5.91 Å². The van der Waals surface area contributed by atoms with E-state index in [4.69, 9.17) is 5.11 Å². The molecule has 0 radical (unpaired) electrons. The third-order valence-electron chi connectivity index (χ3n) is 2.41. The summed E-state index contributed by atoms with van der Waals surface area (Å²) in [5.41, 5.74) is -1.43. The average molecular weight is 306 g/mol. The largest absolute Gasteiger partial charge is 0.480 e. The predicted octanol–water partition coefficient (Wildman–Crippen LogP) is 1.89. The Balaban J connectivity index is 3.01. The second kappa shape index (κ2) is 4.97. The van der Waals surface area contributed by atoms with Crippen molar-refractivity contribution in [3.8, 4) is 0 Å². The molecular weight excluding hydrogens is 294 g/mol. The fourth-order valence-corrected chi connectivity index (χ4v) is 2.95. The van der Waals surface area contributed by atoms with E-state index < -0.39 is 17.3 Å². The van der Waals surface area contributed by atoms with E-state index in [-0.39, 0.29) is 6.42 Å². The molecule has 0 aliphatic heterocycles. The van der Waals surface area contributed by atoms with E-state index in [2.05, 4.69) is 21.2 Å². The fraction of sp³-hybridized carbons (Fsp3) is 0.400. The predicted molar refractivity (Wildman–Crippen MR) is 65.5 cm³/mol. The Morgan fingerprint density at radius 3 is 2.62 bits per heavy atom. The van der Waals surface area contributed by atoms with Crippen molar-refractivity contribution in [2.75, 3.05) is 7.05 Å². The van der Waals surface area contributed by atoms with Crippen molar-refractivity contribution >= 4 is 39.1 Å². The third-order valence-corrected chi connectivity index (χ3v) is 4.33. The highest BCUT2D eigenvalue weighted by Gasteiger charge is 2.41. The van der Waals surface area contributed by atoms with Crippen molar-refractivity contribution in [2.45, 2.75) is 13.3 Å². The minimum Gasteiger partial charge on any atom is -0.480 e. The number of carbonyl (C=O) groups is 2. The molecule has 1 rings (SSSR count). The van der Waals surface area contributed by atoms with E-state index in [1.165, 1.54) is 25.3 Å². The molecule has 1 atom stereocenters. The molecule has 1 aromatic rings. The van der Waals surface area contributed by atoms with E-state index in [1.54, 1.807) is 0 Å². The maximum atomic E-state index is 11.6. The van der Waals surface area contributed by atoms with Gasteiger partial charge in [-0.2, -0.15) is 0 Å². The average Bonchev–Trinajstić information content (AvgIpc) is 2.62. The van der Waals surface area contributed by atoms with Crippen LogP contribution in [0.5, 0.6) is 0 Å². The second-order valence-corrected chi connectivity index (χ2v) is 5.44. The molecule has 0 saturated carbocycles. The summed E-state index contributed by atoms with van der Waals surface area (Å²) >= 11 is 4.76. The first-order chi connectivity index (χ1) is 7.41. The van der Waals surface area contributed by atoms with E-state index >= 15 is 0 Å². The van der Waals surface area contributed by atoms with Gasteiger partial charge in [0.1, 0.15) is 5.41 Å². The topological polar surface area (TPSA) is 66.4 Å². The van der Waals surface area contributed by atoms with E-state index in [0.717, 1.165) is 9.35 Å². The van der Waals surface area contributed by atoms with Gasteiger partial charge in [-0.05, 0) is 34.3 Å². The van der Waals surface area contributed by atoms with Crippen molar-refractivity contribution in [1.82, 2.24) is 5.32 Å². The highest BCUT2D eigenvalue weighted by Crippen LogP contribution is 2.31. The van der Waals surface area contributed by atoms with Gasteiger partial charge in [0.25, 0.3) is 0 Å². The lowest BCUT2D eigenvalue weighted by Gasteiger charge is -2.22. The van der Waals surface area contributed by atoms with E-state index in [0.29, 0.717) is 0 Å². The number of carboxylic acids is 1. The summed E-state index contributed by atoms with van der Waals surface area (Å²) in [6.07, 6.45) is 0.181. The maximum Gasteiger partial charge on any atom is 0.319 e. The van der Waals surface area contributed by atoms with Crippen LogP contribution in [0.3, 0.4) is 0 Å². The summed E-state index contributed by atoms with van der Waals surface area (Å²) in [6, 6.07) is 1.84. The number of hydrogen-bond acceptors (Lipinski definition) is 3. The SMILES string of the molecule is CNC(=O)C(C)(Cc1sccc1Br)C(=O)O. The molecule has 0 fully saturated rings. The summed E-state index contributed by atoms with van der Waals surface area (Å²) in [5, 5.41) is 13.4. The molecule has 0 spiro atoms. The van der Waals surface area contributed by atoms with E-state index in [9.17, 15) is 9.59 Å². The molecule has 0 bridgehead atoms. The molecule has 0 saturated heterocycles. The molecule has 2 N–H and O–H groups in total. The molecule has 1 aromatic heterocycles. The summed E-state index contributed by atoms with van der Waals surface area (Å²) in [6.45, 7) is 1.43. The molecule has 0 aromatic carbocycles. The lowest BCUT2D eigenvalue weighted by Crippen LogP contribution is -2.44. The molecule has 6 heteroatoms. The van der Waals surface area contributed by atoms with Crippen LogP contribution in [0.15, 0.2) is 15.9 Å². The zero-order valence-electron chi connectivity index (χ0n) is 8.91. The minimum absolute atomic E-state index is 0.181. The first kappa shape index (κ1) is 13.2. The number of carbonyl (C=O) groups excluding carboxylic acids is 1. The number of carboxylic acid groups (broad SMARTS) is 1. The summed E-state index contributed by atoms with van der Waals surface area (Å²) in [7, 11) is 1.44. The van der Waals surface area contributed by atoms with Crippen molar-refractivity contribution in [1.29, 1.82) is 0 Å². The van der Waals surface area contributed by atoms with Crippen LogP contribution in [-0.2, 0) is 16.0 Å². The Kier molecular flexibility index (Phi) is 4.09. The molecule has 1 amide bonds. The minimum atomic E-state index is -1.43. The number of aliphatic carboxylic acids is 1. The zero-order chi connectivity index (χ0) is 12.3. The van der Waals surface area contributed by atoms with Gasteiger partial charge in [0, 0.05) is 22.8 Å². The van der Waals surface area contributed by atoms with Gasteiger partial charge in [-0.1, -0.05) is 0 Å². The van der Waals surface area contributed by atoms with Gasteiger partial charge in [-0.25, -0.2) is 0 Å². The fourth-order valence-electron chi connectivity index (χ4n) is 1.30. The summed E-state index contributed by atoms with van der Waals surface area (Å²) in [5.74, 6) is -1.60. The van der Waals surface area contributed by atoms with Gasteiger partial charge in [0.15, 0.2) is 0 Å². The van der Waals surface area contributed by atoms with Crippen LogP contribution in [0.25, 0.3) is 0 Å². The quantitative estimate of drug-likeness (QED) is 0.835. The Labute approximate surface area is 106 Å². The van der Waals surface area contributed by atoms with Crippen LogP contribution in [0.4, 0.5) is 0 Å². The molecule has 1 unspecified atom stereocenters. The monoisotopic (exact) mass is 305 g/mol. The zero-order valence-corrected chi connectivity index (χ0v) is 11.3. The van der Waals surface area contributed by atoms with Crippen molar-refractivity contribution in [2.24, 2.45) is 5.41 Å². The standard InChI is InChI=1S/C10H12BrNO3S/c1-10(9(14)15,8(13)12-2)5-7-6(11)3-4-16-7/h3-4H,5H2,1-2H3,(H,12,13)(H,14,15). The highest BCUT2D eigenvalue weighted by atomic mass is 79.9. The molecule has 88 valence electrons. The number of halogens is 1. The number of thiophene rings is 1. The first-order valence-electron chi connectivity index (χ1n) is 4.59. The Morgan fingerprint density at radius 1 is 1.62 bits per heavy atom. The summed E-state index contributed by atoms with van der Waals surface area (Å²) < 4.78 is 0.842. The number of nitrogens with one attached hydrogen (secondary N) is 1. The van der Waals surface area contributed by atoms with Gasteiger partial charge in [-0.15, -0.1) is 11.3 Å². The first-order valence-corrected chi connectivity index (χ1v) is 6.26. The maximum absolute atomic E-state index is 11.6. The van der Waals surface area contributed by atoms with Crippen LogP contribution in [0.2, 0.25) is 0 Å². The van der Waals surface area contributed by atoms with Gasteiger partial charge in [0.05, 0.1) is 0 Å². The molecule has 4 nitrogen and oxygen atoms in total. The normalized spacial score (nSPS) is 14.2. The van der Waals surface area contributed by atoms with Crippen LogP contribution in [0, 0.1) is 5.41 Å². The Hall–Kier alpha value is -0.880. The Bertz CT molecular complexity index is 418. The van der Waals surface area contributed by atoms with E-state index in [1.807, 2.05) is 11.4 Å². The van der Waals surface area contributed by atoms with Crippen LogP contribution >= 0.6 is 27.3 Å². The second-order valence-electron chi connectivity index (χ2n) is 3.58. The van der Waals surface area contributed by atoms with Crippen LogP contribution in [0.1, 0.15) is 11.8 Å². The van der Waals surface area contributed by atoms with Crippen molar-refractivity contribution in [3.63, 3.8) is 0 Å². The smallest absolute Gasteiger partial charge is 0.319 e. The lowest BCUT2D eigenvalue weighted by molar-refractivity contribution is -0.154. The van der Waals surface area contributed by atoms with Gasteiger partial charge < -0.3 is 10.4 Å². The Morgan fingerprint density at radius 2 is 2.25 bits per heavy atom. The number of rotatable bonds is 4. The molecule has 0 aliphatic carbocycles. The molecule has 16 heavy (non-hydrogen) atoms. The number of hydrogen-bond donors (Lipinski definition) is 2. The van der Waals surface area contributed by atoms with Gasteiger partial charge >= 0.3 is 5.97 Å². The number of amides is 1. The molecule has 1 heterocycles. The van der Waals surface area contributed by atoms with Crippen molar-refractivity contribution in [3.05, 3.63) is 20.8 Å².